The van der Waals surface area contributed by atoms with Gasteiger partial charge in [0.1, 0.15) is 18.1 Å². The predicted molar refractivity (Wildman–Crippen MR) is 135 cm³/mol. The maximum Gasteiger partial charge on any atom is 0.322 e. The highest BCUT2D eigenvalue weighted by Gasteiger charge is 2.57. The molecule has 3 aliphatic rings. The SMILES string of the molecule is CC(C)(F)Cn1nc(N2CCCOC2)c2cnc(-c3[nH]ncc3NC(=O)N3CC(F)(F)CCC34CC4)cc21. The molecule has 1 spiro atoms. The van der Waals surface area contributed by atoms with Crippen molar-refractivity contribution < 1.29 is 22.7 Å². The second-order valence-corrected chi connectivity index (χ2v) is 11.2. The number of anilines is 2. The van der Waals surface area contributed by atoms with Crippen LogP contribution in [0.2, 0.25) is 0 Å². The summed E-state index contributed by atoms with van der Waals surface area (Å²) >= 11 is 0. The summed E-state index contributed by atoms with van der Waals surface area (Å²) in [7, 11) is 0. The minimum Gasteiger partial charge on any atom is -0.361 e. The smallest absolute Gasteiger partial charge is 0.322 e. The number of hydrogen-bond donors (Lipinski definition) is 2. The molecule has 2 N–H and O–H groups in total. The van der Waals surface area contributed by atoms with E-state index in [1.54, 1.807) is 16.9 Å². The molecule has 0 radical (unpaired) electrons. The van der Waals surface area contributed by atoms with Gasteiger partial charge in [0.2, 0.25) is 0 Å². The van der Waals surface area contributed by atoms with Crippen molar-refractivity contribution in [3.05, 3.63) is 18.5 Å². The summed E-state index contributed by atoms with van der Waals surface area (Å²) < 4.78 is 50.2. The van der Waals surface area contributed by atoms with Crippen LogP contribution in [0, 0.1) is 0 Å². The summed E-state index contributed by atoms with van der Waals surface area (Å²) in [5, 5.41) is 15.1. The third kappa shape index (κ3) is 4.67. The van der Waals surface area contributed by atoms with E-state index in [9.17, 15) is 18.0 Å². The number of likely N-dealkylation sites (tertiary alicyclic amines) is 1. The Labute approximate surface area is 217 Å². The molecule has 2 aliphatic heterocycles. The second-order valence-electron chi connectivity index (χ2n) is 11.2. The van der Waals surface area contributed by atoms with Gasteiger partial charge in [0.05, 0.1) is 48.2 Å². The van der Waals surface area contributed by atoms with E-state index >= 15 is 0 Å². The van der Waals surface area contributed by atoms with Crippen molar-refractivity contribution in [1.29, 1.82) is 0 Å². The third-order valence-electron chi connectivity index (χ3n) is 7.53. The molecule has 0 atom stereocenters. The molecule has 3 aromatic rings. The maximum atomic E-state index is 14.7. The summed E-state index contributed by atoms with van der Waals surface area (Å²) in [4.78, 5) is 21.0. The standard InChI is InChI=1S/C25H31F3N8O2/c1-23(2,26)13-36-19-10-17(29-11-16(19)21(33-36)34-8-3-9-38-15-34)20-18(12-30-32-20)31-22(37)35-14-25(27,28)7-6-24(35)4-5-24/h10-12H,3-9,13-15H2,1-2H3,(H,30,32)(H,31,37). The Hall–Kier alpha value is -3.35. The molecule has 38 heavy (non-hydrogen) atoms. The first kappa shape index (κ1) is 25.0. The van der Waals surface area contributed by atoms with Gasteiger partial charge in [-0.2, -0.15) is 10.2 Å². The lowest BCUT2D eigenvalue weighted by atomic mass is 9.97. The van der Waals surface area contributed by atoms with Crippen molar-refractivity contribution >= 4 is 28.4 Å². The number of amides is 2. The highest BCUT2D eigenvalue weighted by atomic mass is 19.3. The van der Waals surface area contributed by atoms with Crippen molar-refractivity contribution in [2.45, 2.75) is 69.6 Å². The zero-order valence-corrected chi connectivity index (χ0v) is 21.4. The maximum absolute atomic E-state index is 14.7. The molecule has 1 aliphatic carbocycles. The van der Waals surface area contributed by atoms with Crippen molar-refractivity contribution in [1.82, 2.24) is 29.9 Å². The fourth-order valence-corrected chi connectivity index (χ4v) is 5.40. The Bertz CT molecular complexity index is 1350. The fourth-order valence-electron chi connectivity index (χ4n) is 5.40. The number of carbonyl (C=O) groups is 1. The zero-order valence-electron chi connectivity index (χ0n) is 21.4. The molecule has 2 amide bonds. The fraction of sp³-hybridized carbons (Fsp3) is 0.600. The number of pyridine rings is 1. The van der Waals surface area contributed by atoms with E-state index in [1.165, 1.54) is 24.9 Å². The molecule has 5 heterocycles. The Morgan fingerprint density at radius 3 is 2.74 bits per heavy atom. The number of alkyl halides is 3. The molecule has 204 valence electrons. The summed E-state index contributed by atoms with van der Waals surface area (Å²) in [6, 6.07) is 1.19. The van der Waals surface area contributed by atoms with Crippen LogP contribution in [0.3, 0.4) is 0 Å². The number of fused-ring (bicyclic) bond motifs is 1. The van der Waals surface area contributed by atoms with Crippen LogP contribution in [-0.4, -0.2) is 79.5 Å². The Kier molecular flexibility index (Phi) is 5.82. The molecule has 0 unspecified atom stereocenters. The van der Waals surface area contributed by atoms with Gasteiger partial charge in [-0.05, 0) is 45.6 Å². The lowest BCUT2D eigenvalue weighted by Crippen LogP contribution is -2.54. The van der Waals surface area contributed by atoms with Crippen molar-refractivity contribution in [2.24, 2.45) is 0 Å². The number of nitrogens with one attached hydrogen (secondary N) is 2. The molecule has 0 bridgehead atoms. The van der Waals surface area contributed by atoms with Gasteiger partial charge in [-0.1, -0.05) is 0 Å². The monoisotopic (exact) mass is 532 g/mol. The summed E-state index contributed by atoms with van der Waals surface area (Å²) in [5.41, 5.74) is -0.124. The molecular weight excluding hydrogens is 501 g/mol. The Balaban J connectivity index is 1.32. The first-order valence-corrected chi connectivity index (χ1v) is 12.9. The largest absolute Gasteiger partial charge is 0.361 e. The lowest BCUT2D eigenvalue weighted by molar-refractivity contribution is -0.0721. The van der Waals surface area contributed by atoms with Crippen LogP contribution < -0.4 is 10.2 Å². The molecule has 0 aromatic carbocycles. The molecule has 13 heteroatoms. The molecule has 10 nitrogen and oxygen atoms in total. The van der Waals surface area contributed by atoms with E-state index in [1.807, 2.05) is 4.90 Å². The number of aromatic nitrogens is 5. The Morgan fingerprint density at radius 1 is 1.24 bits per heavy atom. The van der Waals surface area contributed by atoms with Crippen LogP contribution in [0.4, 0.5) is 29.5 Å². The summed E-state index contributed by atoms with van der Waals surface area (Å²) in [6.45, 7) is 4.24. The number of aromatic amines is 1. The van der Waals surface area contributed by atoms with Crippen molar-refractivity contribution in [3.63, 3.8) is 0 Å². The number of halogens is 3. The number of nitrogens with zero attached hydrogens (tertiary/aromatic N) is 6. The topological polar surface area (TPSA) is 104 Å². The van der Waals surface area contributed by atoms with E-state index in [-0.39, 0.29) is 13.0 Å². The van der Waals surface area contributed by atoms with Gasteiger partial charge in [-0.3, -0.25) is 14.8 Å². The van der Waals surface area contributed by atoms with Gasteiger partial charge in [-0.25, -0.2) is 18.0 Å². The van der Waals surface area contributed by atoms with Gasteiger partial charge >= 0.3 is 6.03 Å². The quantitative estimate of drug-likeness (QED) is 0.500. The van der Waals surface area contributed by atoms with E-state index in [2.05, 4.69) is 20.5 Å². The van der Waals surface area contributed by atoms with Gasteiger partial charge in [0.25, 0.3) is 5.92 Å². The number of carbonyl (C=O) groups excluding carboxylic acids is 1. The highest BCUT2D eigenvalue weighted by molar-refractivity contribution is 5.96. The average molecular weight is 533 g/mol. The first-order chi connectivity index (χ1) is 18.0. The molecule has 3 fully saturated rings. The first-order valence-electron chi connectivity index (χ1n) is 12.9. The minimum absolute atomic E-state index is 0.0273. The minimum atomic E-state index is -2.91. The lowest BCUT2D eigenvalue weighted by Gasteiger charge is -2.40. The zero-order chi connectivity index (χ0) is 26.7. The molecule has 3 aromatic heterocycles. The van der Waals surface area contributed by atoms with Crippen LogP contribution in [0.1, 0.15) is 46.0 Å². The van der Waals surface area contributed by atoms with E-state index in [0.717, 1.165) is 31.2 Å². The number of H-pyrrole nitrogens is 1. The number of piperidine rings is 1. The molecule has 1 saturated carbocycles. The van der Waals surface area contributed by atoms with Gasteiger partial charge in [0, 0.05) is 24.7 Å². The van der Waals surface area contributed by atoms with Crippen molar-refractivity contribution in [3.8, 4) is 11.4 Å². The van der Waals surface area contributed by atoms with Gasteiger partial charge in [0.15, 0.2) is 5.82 Å². The van der Waals surface area contributed by atoms with E-state index < -0.39 is 29.7 Å². The summed E-state index contributed by atoms with van der Waals surface area (Å²) in [6.07, 6.45) is 5.50. The van der Waals surface area contributed by atoms with Crippen LogP contribution in [0.25, 0.3) is 22.3 Å². The molecule has 6 rings (SSSR count). The van der Waals surface area contributed by atoms with Crippen LogP contribution in [0.5, 0.6) is 0 Å². The Morgan fingerprint density at radius 2 is 2.03 bits per heavy atom. The van der Waals surface area contributed by atoms with Gasteiger partial charge < -0.3 is 19.9 Å². The van der Waals surface area contributed by atoms with Crippen LogP contribution >= 0.6 is 0 Å². The normalized spacial score (nSPS) is 20.8. The predicted octanol–water partition coefficient (Wildman–Crippen LogP) is 4.55. The number of ether oxygens (including phenoxy) is 1. The van der Waals surface area contributed by atoms with Crippen LogP contribution in [0.15, 0.2) is 18.5 Å². The third-order valence-corrected chi connectivity index (χ3v) is 7.53. The number of rotatable bonds is 5. The van der Waals surface area contributed by atoms with Gasteiger partial charge in [-0.15, -0.1) is 0 Å². The van der Waals surface area contributed by atoms with Crippen molar-refractivity contribution in [2.75, 3.05) is 36.6 Å². The number of urea groups is 1. The molecule has 2 saturated heterocycles. The number of hydrogen-bond acceptors (Lipinski definition) is 6. The van der Waals surface area contributed by atoms with Crippen LogP contribution in [-0.2, 0) is 11.3 Å². The molecular formula is C25H31F3N8O2. The van der Waals surface area contributed by atoms with E-state index in [0.29, 0.717) is 48.2 Å². The second kappa shape index (κ2) is 8.85. The summed E-state index contributed by atoms with van der Waals surface area (Å²) in [5.74, 6) is -2.24. The van der Waals surface area contributed by atoms with E-state index in [4.69, 9.17) is 9.84 Å². The average Bonchev–Trinajstić information content (AvgIpc) is 3.36. The highest BCUT2D eigenvalue weighted by Crippen LogP contribution is 2.51.